The first kappa shape index (κ1) is 43.2. The van der Waals surface area contributed by atoms with Crippen molar-refractivity contribution in [2.45, 2.75) is 45.4 Å². The molecule has 3 aromatic heterocycles. The summed E-state index contributed by atoms with van der Waals surface area (Å²) in [5.41, 5.74) is 28.9. The van der Waals surface area contributed by atoms with Crippen molar-refractivity contribution in [3.05, 3.63) is 241 Å². The van der Waals surface area contributed by atoms with Gasteiger partial charge in [0.05, 0.1) is 27.6 Å². The first-order chi connectivity index (χ1) is 37.6. The fourth-order valence-electron chi connectivity index (χ4n) is 14.7. The van der Waals surface area contributed by atoms with Gasteiger partial charge in [-0.3, -0.25) is 0 Å². The Kier molecular flexibility index (Phi) is 8.44. The average Bonchev–Trinajstić information content (AvgIpc) is 3.82. The molecule has 3 nitrogen and oxygen atoms in total. The van der Waals surface area contributed by atoms with E-state index in [0.29, 0.717) is 0 Å². The Hall–Kier alpha value is -9.12. The van der Waals surface area contributed by atoms with Crippen LogP contribution in [0.1, 0.15) is 51.3 Å². The molecule has 0 saturated carbocycles. The molecule has 0 amide bonds. The van der Waals surface area contributed by atoms with Crippen molar-refractivity contribution in [3.63, 3.8) is 0 Å². The molecule has 0 fully saturated rings. The van der Waals surface area contributed by atoms with Crippen LogP contribution in [0.5, 0.6) is 0 Å². The van der Waals surface area contributed by atoms with Crippen molar-refractivity contribution < 1.29 is 0 Å². The van der Waals surface area contributed by atoms with Crippen LogP contribution in [0.25, 0.3) is 121 Å². The van der Waals surface area contributed by atoms with Gasteiger partial charge < -0.3 is 13.8 Å². The van der Waals surface area contributed by atoms with E-state index < -0.39 is 0 Å². The summed E-state index contributed by atoms with van der Waals surface area (Å²) in [6.45, 7) is 11.8. The van der Waals surface area contributed by atoms with E-state index in [9.17, 15) is 0 Å². The van der Waals surface area contributed by atoms with Crippen LogP contribution in [-0.4, -0.2) is 15.8 Å². The molecular formula is C73H52BN3. The van der Waals surface area contributed by atoms with Gasteiger partial charge >= 0.3 is 6.85 Å². The molecule has 11 aromatic carbocycles. The number of fused-ring (bicyclic) bond motifs is 18. The topological polar surface area (TPSA) is 12.6 Å². The van der Waals surface area contributed by atoms with Crippen LogP contribution >= 0.6 is 0 Å². The van der Waals surface area contributed by atoms with Gasteiger partial charge in [-0.2, -0.15) is 0 Å². The van der Waals surface area contributed by atoms with Gasteiger partial charge in [0.25, 0.3) is 0 Å². The fourth-order valence-corrected chi connectivity index (χ4v) is 14.7. The van der Waals surface area contributed by atoms with Gasteiger partial charge in [0, 0.05) is 65.9 Å². The Labute approximate surface area is 448 Å². The third-order valence-electron chi connectivity index (χ3n) is 18.1. The summed E-state index contributed by atoms with van der Waals surface area (Å²) in [4.78, 5) is 2.80. The number of benzene rings is 11. The van der Waals surface area contributed by atoms with Crippen LogP contribution in [0.4, 0.5) is 11.4 Å². The highest BCUT2D eigenvalue weighted by Gasteiger charge is 2.50. The maximum atomic E-state index is 2.80. The Morgan fingerprint density at radius 2 is 1.04 bits per heavy atom. The van der Waals surface area contributed by atoms with E-state index in [4.69, 9.17) is 0 Å². The molecule has 362 valence electrons. The number of nitrogens with zero attached hydrogens (tertiary/aromatic N) is 3. The highest BCUT2D eigenvalue weighted by Crippen LogP contribution is 2.58. The zero-order chi connectivity index (χ0) is 51.2. The molecule has 17 rings (SSSR count). The van der Waals surface area contributed by atoms with Crippen LogP contribution in [-0.2, 0) is 10.8 Å². The lowest BCUT2D eigenvalue weighted by Crippen LogP contribution is -2.61. The van der Waals surface area contributed by atoms with Gasteiger partial charge in [0.1, 0.15) is 0 Å². The maximum absolute atomic E-state index is 2.80. The Balaban J connectivity index is 1.12. The van der Waals surface area contributed by atoms with Crippen LogP contribution in [0.3, 0.4) is 0 Å². The van der Waals surface area contributed by atoms with Gasteiger partial charge in [-0.15, -0.1) is 0 Å². The van der Waals surface area contributed by atoms with Crippen molar-refractivity contribution >= 4 is 89.0 Å². The Morgan fingerprint density at radius 3 is 1.81 bits per heavy atom. The molecule has 5 heterocycles. The first-order valence-corrected chi connectivity index (χ1v) is 27.4. The van der Waals surface area contributed by atoms with Crippen LogP contribution in [0.2, 0.25) is 0 Å². The average molecular weight is 982 g/mol. The van der Waals surface area contributed by atoms with Crippen molar-refractivity contribution in [2.75, 3.05) is 4.81 Å². The minimum Gasteiger partial charge on any atom is -0.376 e. The predicted octanol–water partition coefficient (Wildman–Crippen LogP) is 17.8. The quantitative estimate of drug-likeness (QED) is 0.160. The minimum absolute atomic E-state index is 0.0726. The molecule has 1 aliphatic carbocycles. The second kappa shape index (κ2) is 15.1. The Morgan fingerprint density at radius 1 is 0.403 bits per heavy atom. The first-order valence-electron chi connectivity index (χ1n) is 27.4. The smallest absolute Gasteiger partial charge is 0.333 e. The number of rotatable bonds is 4. The molecule has 0 N–H and O–H groups in total. The van der Waals surface area contributed by atoms with Crippen molar-refractivity contribution in [2.24, 2.45) is 0 Å². The van der Waals surface area contributed by atoms with E-state index in [2.05, 4.69) is 273 Å². The highest BCUT2D eigenvalue weighted by atomic mass is 15.1. The molecule has 0 saturated heterocycles. The van der Waals surface area contributed by atoms with Gasteiger partial charge in [-0.05, 0) is 126 Å². The van der Waals surface area contributed by atoms with E-state index >= 15 is 0 Å². The monoisotopic (exact) mass is 981 g/mol. The second-order valence-electron chi connectivity index (χ2n) is 23.6. The molecule has 0 radical (unpaired) electrons. The lowest BCUT2D eigenvalue weighted by Gasteiger charge is -2.44. The molecule has 2 aliphatic heterocycles. The third-order valence-corrected chi connectivity index (χ3v) is 18.1. The van der Waals surface area contributed by atoms with E-state index in [1.807, 2.05) is 0 Å². The summed E-state index contributed by atoms with van der Waals surface area (Å²) >= 11 is 0. The van der Waals surface area contributed by atoms with E-state index in [0.717, 1.165) is 0 Å². The summed E-state index contributed by atoms with van der Waals surface area (Å²) in [7, 11) is 0. The standard InChI is InChI=1S/C73H52BN3/c1-72(2,3)48-33-36-63(54(41-48)45-24-13-8-14-25-45)77-64-37-34-53-52-29-19-28-51-50-27-16-18-31-61(50)75(68(51)52)70(53)65(64)58-42-56-49-26-15-17-30-59(49)73(4,5)66(56)71-67(58)74(77)60-40-47(44-22-11-7-12-23-44)39-57-55-38-46(43-20-9-6-10-21-43)32-35-62(55)76(71)69(57)60/h6-42H,1-5H3. The number of hydrogen-bond acceptors (Lipinski definition) is 1. The molecule has 4 heteroatoms. The molecule has 0 unspecified atom stereocenters. The normalized spacial score (nSPS) is 14.1. The molecule has 0 bridgehead atoms. The van der Waals surface area contributed by atoms with Crippen molar-refractivity contribution in [1.82, 2.24) is 8.97 Å². The number of anilines is 2. The third kappa shape index (κ3) is 5.62. The molecule has 0 spiro atoms. The molecule has 0 atom stereocenters. The van der Waals surface area contributed by atoms with Gasteiger partial charge in [-0.1, -0.05) is 211 Å². The SMILES string of the molecule is CC(C)(C)c1ccc(N2B3c4c(cc5c(c4-n4c6ccc(-c7ccccc7)cc6c6cc(-c7ccccc7)cc3c64)C(C)(C)c3ccccc3-5)-c3c2ccc2c4cccc5c6ccccc6n(c32)c54)c(-c2ccccc2)c1. The predicted molar refractivity (Wildman–Crippen MR) is 327 cm³/mol. The maximum Gasteiger partial charge on any atom is 0.333 e. The van der Waals surface area contributed by atoms with Gasteiger partial charge in [0.2, 0.25) is 0 Å². The minimum atomic E-state index is -0.318. The van der Waals surface area contributed by atoms with Crippen LogP contribution in [0.15, 0.2) is 224 Å². The van der Waals surface area contributed by atoms with Crippen molar-refractivity contribution in [1.29, 1.82) is 0 Å². The summed E-state index contributed by atoms with van der Waals surface area (Å²) in [5, 5.41) is 7.68. The van der Waals surface area contributed by atoms with Gasteiger partial charge in [-0.25, -0.2) is 0 Å². The fraction of sp³-hybridized carbons (Fsp3) is 0.0959. The number of hydrogen-bond donors (Lipinski definition) is 0. The molecule has 77 heavy (non-hydrogen) atoms. The van der Waals surface area contributed by atoms with E-state index in [-0.39, 0.29) is 17.7 Å². The number of aromatic nitrogens is 2. The molecular weight excluding hydrogens is 930 g/mol. The molecule has 14 aromatic rings. The Bertz CT molecular complexity index is 4860. The largest absolute Gasteiger partial charge is 0.376 e. The van der Waals surface area contributed by atoms with E-state index in [1.165, 1.54) is 160 Å². The summed E-state index contributed by atoms with van der Waals surface area (Å²) in [5.74, 6) is 0. The lowest BCUT2D eigenvalue weighted by molar-refractivity contribution is 0.590. The summed E-state index contributed by atoms with van der Waals surface area (Å²) < 4.78 is 5.36. The zero-order valence-corrected chi connectivity index (χ0v) is 43.8. The van der Waals surface area contributed by atoms with Crippen molar-refractivity contribution in [3.8, 4) is 61.3 Å². The second-order valence-corrected chi connectivity index (χ2v) is 23.6. The van der Waals surface area contributed by atoms with Gasteiger partial charge in [0.15, 0.2) is 0 Å². The summed E-state index contributed by atoms with van der Waals surface area (Å²) in [6, 6.07) is 85.7. The van der Waals surface area contributed by atoms with E-state index in [1.54, 1.807) is 0 Å². The lowest BCUT2D eigenvalue weighted by atomic mass is 9.43. The summed E-state index contributed by atoms with van der Waals surface area (Å²) in [6.07, 6.45) is 0. The zero-order valence-electron chi connectivity index (χ0n) is 43.8. The van der Waals surface area contributed by atoms with Crippen LogP contribution in [0, 0.1) is 0 Å². The highest BCUT2D eigenvalue weighted by molar-refractivity contribution is 6.94. The number of para-hydroxylation sites is 2. The molecule has 3 aliphatic rings. The van der Waals surface area contributed by atoms with Crippen LogP contribution < -0.4 is 15.7 Å².